The molecule has 284 valence electrons. The van der Waals surface area contributed by atoms with E-state index in [-0.39, 0.29) is 37.6 Å². The molecule has 1 N–H and O–H groups in total. The Balaban J connectivity index is 0.00000455. The van der Waals surface area contributed by atoms with Gasteiger partial charge in [-0.3, -0.25) is 15.0 Å². The van der Waals surface area contributed by atoms with Crippen LogP contribution in [0.25, 0.3) is 83.3 Å². The Hall–Kier alpha value is -5.90. The van der Waals surface area contributed by atoms with Gasteiger partial charge in [-0.05, 0) is 74.7 Å². The number of aromatic hydroxyl groups is 1. The zero-order valence-corrected chi connectivity index (χ0v) is 35.2. The summed E-state index contributed by atoms with van der Waals surface area (Å²) < 4.78 is 2.27. The number of fused-ring (bicyclic) bond motifs is 3. The Morgan fingerprint density at radius 2 is 1.21 bits per heavy atom. The van der Waals surface area contributed by atoms with Gasteiger partial charge in [0, 0.05) is 55.8 Å². The molecule has 2 heterocycles. The zero-order valence-electron chi connectivity index (χ0n) is 32.9. The molecule has 0 fully saturated rings. The molecule has 0 saturated carbocycles. The second-order valence-electron chi connectivity index (χ2n) is 16.7. The Morgan fingerprint density at radius 1 is 0.544 bits per heavy atom. The van der Waals surface area contributed by atoms with Gasteiger partial charge in [0.25, 0.3) is 0 Å². The van der Waals surface area contributed by atoms with E-state index < -0.39 is 0 Å². The van der Waals surface area contributed by atoms with Crippen LogP contribution in [0.3, 0.4) is 0 Å². The van der Waals surface area contributed by atoms with Crippen LogP contribution in [0.4, 0.5) is 0 Å². The second kappa shape index (κ2) is 14.6. The molecular weight excluding hydrogens is 880 g/mol. The summed E-state index contributed by atoms with van der Waals surface area (Å²) in [7, 11) is 0. The van der Waals surface area contributed by atoms with Gasteiger partial charge < -0.3 is 9.67 Å². The predicted octanol–water partition coefficient (Wildman–Crippen LogP) is 12.9. The Labute approximate surface area is 348 Å². The number of hydrogen-bond donors (Lipinski definition) is 1. The normalized spacial score (nSPS) is 12.0. The molecule has 2 aromatic heterocycles. The minimum absolute atomic E-state index is 0. The maximum atomic E-state index is 11.5. The minimum Gasteiger partial charge on any atom is -0.507 e. The van der Waals surface area contributed by atoms with Crippen molar-refractivity contribution in [2.75, 3.05) is 0 Å². The van der Waals surface area contributed by atoms with Crippen molar-refractivity contribution in [3.8, 4) is 56.2 Å². The monoisotopic (exact) mass is 922 g/mol. The van der Waals surface area contributed by atoms with Gasteiger partial charge in [0.05, 0.1) is 27.9 Å². The van der Waals surface area contributed by atoms with E-state index in [1.165, 1.54) is 11.1 Å². The molecule has 0 aliphatic rings. The number of phenolic OH excluding ortho intramolecular Hbond substituents is 1. The molecule has 57 heavy (non-hydrogen) atoms. The van der Waals surface area contributed by atoms with Crippen molar-refractivity contribution in [3.63, 3.8) is 0 Å². The van der Waals surface area contributed by atoms with E-state index in [2.05, 4.69) is 161 Å². The van der Waals surface area contributed by atoms with Gasteiger partial charge in [-0.25, -0.2) is 0 Å². The van der Waals surface area contributed by atoms with Crippen LogP contribution in [0.2, 0.25) is 0 Å². The number of aromatic nitrogens is 4. The number of hydrogen-bond acceptors (Lipinski definition) is 4. The van der Waals surface area contributed by atoms with E-state index in [9.17, 15) is 5.11 Å². The Kier molecular flexibility index (Phi) is 9.70. The number of para-hydroxylation sites is 1. The quantitative estimate of drug-likeness (QED) is 0.175. The van der Waals surface area contributed by atoms with Gasteiger partial charge in [0.1, 0.15) is 5.75 Å². The maximum Gasteiger partial charge on any atom is 0.124 e. The first kappa shape index (κ1) is 38.0. The average molecular weight is 923 g/mol. The Bertz CT molecular complexity index is 2950. The van der Waals surface area contributed by atoms with Crippen LogP contribution >= 0.6 is 0 Å². The summed E-state index contributed by atoms with van der Waals surface area (Å²) >= 11 is 0. The molecule has 0 aliphatic carbocycles. The largest absolute Gasteiger partial charge is 0.507 e. The first-order valence-electron chi connectivity index (χ1n) is 19.2. The third-order valence-electron chi connectivity index (χ3n) is 10.8. The molecule has 6 heteroatoms. The van der Waals surface area contributed by atoms with E-state index in [0.717, 1.165) is 83.3 Å². The van der Waals surface area contributed by atoms with Gasteiger partial charge in [0.15, 0.2) is 0 Å². The SMILES string of the molecule is CC(C)(C)c1ccc(-n2c(-c3[c-]c(-c4cc(C(C)(C)C)cc5nccnc45)ccc3)nc3c(-c4cc5ccccc5cc4O)cccc32)c(-c2ccccc2)c1.[Pt]. The smallest absolute Gasteiger partial charge is 0.124 e. The van der Waals surface area contributed by atoms with Crippen LogP contribution in [0.5, 0.6) is 5.75 Å². The van der Waals surface area contributed by atoms with E-state index >= 15 is 0 Å². The summed E-state index contributed by atoms with van der Waals surface area (Å²) in [5, 5.41) is 13.5. The summed E-state index contributed by atoms with van der Waals surface area (Å²) in [6.45, 7) is 13.4. The summed E-state index contributed by atoms with van der Waals surface area (Å²) in [4.78, 5) is 15.0. The average Bonchev–Trinajstić information content (AvgIpc) is 3.59. The van der Waals surface area contributed by atoms with Gasteiger partial charge in [0.2, 0.25) is 0 Å². The standard InChI is InChI=1S/C51H43N4O.Pt/c1-50(2,3)37-22-23-44(40(29-37)32-14-8-7-9-15-32)55-45-21-13-20-39(42-27-33-16-10-11-17-34(33)28-46(42)56)48(45)54-49(55)36-19-12-18-35(26-36)41-30-38(51(4,5)6)31-43-47(41)53-25-24-52-43;/h7-25,27-31,56H,1-6H3;/q-1;. The molecule has 5 nitrogen and oxygen atoms in total. The summed E-state index contributed by atoms with van der Waals surface area (Å²) in [5.74, 6) is 0.963. The fourth-order valence-electron chi connectivity index (χ4n) is 7.70. The molecule has 0 atom stereocenters. The van der Waals surface area contributed by atoms with Crippen molar-refractivity contribution in [1.82, 2.24) is 19.5 Å². The van der Waals surface area contributed by atoms with Crippen molar-refractivity contribution in [3.05, 3.63) is 163 Å². The molecule has 0 spiro atoms. The van der Waals surface area contributed by atoms with Gasteiger partial charge in [-0.2, -0.15) is 0 Å². The van der Waals surface area contributed by atoms with Crippen LogP contribution in [0.1, 0.15) is 52.7 Å². The third-order valence-corrected chi connectivity index (χ3v) is 10.8. The number of phenols is 1. The van der Waals surface area contributed by atoms with Crippen molar-refractivity contribution < 1.29 is 26.2 Å². The van der Waals surface area contributed by atoms with Gasteiger partial charge in [-0.15, -0.1) is 29.8 Å². The maximum absolute atomic E-state index is 11.5. The summed E-state index contributed by atoms with van der Waals surface area (Å²) in [6.07, 6.45) is 3.50. The molecule has 0 radical (unpaired) electrons. The molecule has 0 bridgehead atoms. The summed E-state index contributed by atoms with van der Waals surface area (Å²) in [6, 6.07) is 50.1. The molecule has 0 saturated heterocycles. The number of benzene rings is 7. The van der Waals surface area contributed by atoms with Crippen LogP contribution in [0, 0.1) is 6.07 Å². The molecule has 9 rings (SSSR count). The molecule has 0 amide bonds. The first-order chi connectivity index (χ1) is 26.9. The molecular formula is C51H43N4OPt-. The predicted molar refractivity (Wildman–Crippen MR) is 231 cm³/mol. The topological polar surface area (TPSA) is 63.8 Å². The van der Waals surface area contributed by atoms with E-state index in [4.69, 9.17) is 15.0 Å². The second-order valence-corrected chi connectivity index (χ2v) is 16.7. The van der Waals surface area contributed by atoms with Crippen molar-refractivity contribution in [2.45, 2.75) is 52.4 Å². The van der Waals surface area contributed by atoms with Crippen LogP contribution in [-0.2, 0) is 31.9 Å². The van der Waals surface area contributed by atoms with Crippen molar-refractivity contribution in [2.24, 2.45) is 0 Å². The number of imidazole rings is 1. The Morgan fingerprint density at radius 3 is 1.96 bits per heavy atom. The number of nitrogens with zero attached hydrogens (tertiary/aromatic N) is 4. The van der Waals surface area contributed by atoms with Gasteiger partial charge in [-0.1, -0.05) is 132 Å². The van der Waals surface area contributed by atoms with E-state index in [0.29, 0.717) is 0 Å². The van der Waals surface area contributed by atoms with Crippen molar-refractivity contribution in [1.29, 1.82) is 0 Å². The molecule has 0 aliphatic heterocycles. The number of rotatable bonds is 5. The first-order valence-corrected chi connectivity index (χ1v) is 19.2. The third kappa shape index (κ3) is 6.95. The minimum atomic E-state index is -0.0934. The zero-order chi connectivity index (χ0) is 38.8. The van der Waals surface area contributed by atoms with Crippen LogP contribution in [-0.4, -0.2) is 24.6 Å². The van der Waals surface area contributed by atoms with Crippen LogP contribution < -0.4 is 0 Å². The fourth-order valence-corrected chi connectivity index (χ4v) is 7.70. The fraction of sp³-hybridized carbons (Fsp3) is 0.157. The van der Waals surface area contributed by atoms with Crippen LogP contribution in [0.15, 0.2) is 146 Å². The van der Waals surface area contributed by atoms with E-state index in [1.54, 1.807) is 12.4 Å². The molecule has 9 aromatic rings. The molecule has 7 aromatic carbocycles. The molecule has 0 unspecified atom stereocenters. The summed E-state index contributed by atoms with van der Waals surface area (Å²) in [5.41, 5.74) is 13.2. The van der Waals surface area contributed by atoms with Crippen molar-refractivity contribution >= 4 is 32.8 Å². The van der Waals surface area contributed by atoms with Gasteiger partial charge >= 0.3 is 0 Å². The van der Waals surface area contributed by atoms with E-state index in [1.807, 2.05) is 24.3 Å².